The fourth-order valence-corrected chi connectivity index (χ4v) is 2.37. The van der Waals surface area contributed by atoms with E-state index in [-0.39, 0.29) is 0 Å². The fourth-order valence-electron chi connectivity index (χ4n) is 1.33. The first-order chi connectivity index (χ1) is 8.69. The minimum Gasteiger partial charge on any atom is -0.404 e. The molecule has 0 aromatic carbocycles. The van der Waals surface area contributed by atoms with Crippen molar-refractivity contribution < 1.29 is 4.52 Å². The van der Waals surface area contributed by atoms with E-state index in [1.54, 1.807) is 18.5 Å². The zero-order valence-electron chi connectivity index (χ0n) is 9.86. The third-order valence-electron chi connectivity index (χ3n) is 2.18. The number of nitrogens with zero attached hydrogens (tertiary/aromatic N) is 2. The van der Waals surface area contributed by atoms with Gasteiger partial charge in [-0.3, -0.25) is 4.99 Å². The van der Waals surface area contributed by atoms with Crippen molar-refractivity contribution in [3.63, 3.8) is 0 Å². The molecule has 18 heavy (non-hydrogen) atoms. The molecule has 4 nitrogen and oxygen atoms in total. The maximum absolute atomic E-state index is 5.81. The largest absolute Gasteiger partial charge is 0.404 e. The molecule has 0 amide bonds. The van der Waals surface area contributed by atoms with Crippen molar-refractivity contribution in [2.75, 3.05) is 13.2 Å². The highest BCUT2D eigenvalue weighted by Gasteiger charge is 2.04. The van der Waals surface area contributed by atoms with Crippen LogP contribution in [0.25, 0.3) is 5.57 Å². The van der Waals surface area contributed by atoms with Crippen molar-refractivity contribution in [3.8, 4) is 0 Å². The molecule has 1 rings (SSSR count). The average Bonchev–Trinajstić information content (AvgIpc) is 2.35. The Morgan fingerprint density at radius 2 is 2.50 bits per heavy atom. The molecule has 1 heterocycles. The van der Waals surface area contributed by atoms with Crippen LogP contribution in [0.15, 0.2) is 23.5 Å². The van der Waals surface area contributed by atoms with E-state index in [0.29, 0.717) is 24.8 Å². The van der Waals surface area contributed by atoms with E-state index in [1.807, 2.05) is 6.92 Å². The summed E-state index contributed by atoms with van der Waals surface area (Å²) in [5, 5.41) is 0.473. The lowest BCUT2D eigenvalue weighted by molar-refractivity contribution is 0.384. The molecule has 1 aromatic rings. The molecule has 1 aromatic heterocycles. The van der Waals surface area contributed by atoms with E-state index in [1.165, 1.54) is 6.20 Å². The molecule has 0 saturated carbocycles. The molecule has 0 radical (unpaired) electrons. The van der Waals surface area contributed by atoms with Gasteiger partial charge >= 0.3 is 0 Å². The molecular weight excluding hydrogens is 383 g/mol. The zero-order valence-corrected chi connectivity index (χ0v) is 13.8. The SMILES string of the molecule is Cc1cc(Cl)ncc1/C(C=NCCOPI)=C/N. The van der Waals surface area contributed by atoms with Gasteiger partial charge in [-0.25, -0.2) is 4.98 Å². The van der Waals surface area contributed by atoms with Crippen LogP contribution in [0.2, 0.25) is 5.15 Å². The van der Waals surface area contributed by atoms with Gasteiger partial charge in [-0.05, 0) is 40.6 Å². The second kappa shape index (κ2) is 8.80. The third-order valence-corrected chi connectivity index (χ3v) is 3.63. The highest BCUT2D eigenvalue weighted by Crippen LogP contribution is 2.21. The Morgan fingerprint density at radius 1 is 1.72 bits per heavy atom. The highest BCUT2D eigenvalue weighted by atomic mass is 127. The number of pyridine rings is 1. The molecule has 0 aliphatic carbocycles. The van der Waals surface area contributed by atoms with Gasteiger partial charge < -0.3 is 10.3 Å². The molecule has 0 spiro atoms. The van der Waals surface area contributed by atoms with Gasteiger partial charge in [-0.15, -0.1) is 0 Å². The van der Waals surface area contributed by atoms with Crippen LogP contribution in [0.4, 0.5) is 0 Å². The summed E-state index contributed by atoms with van der Waals surface area (Å²) in [6.45, 7) is 3.66. The Balaban J connectivity index is 2.72. The summed E-state index contributed by atoms with van der Waals surface area (Å²) >= 11 is 7.99. The average molecular weight is 398 g/mol. The fraction of sp³-hybridized carbons (Fsp3) is 0.273. The normalized spacial score (nSPS) is 12.9. The van der Waals surface area contributed by atoms with E-state index in [9.17, 15) is 0 Å². The van der Waals surface area contributed by atoms with Crippen molar-refractivity contribution >= 4 is 51.9 Å². The Kier molecular flexibility index (Phi) is 7.74. The van der Waals surface area contributed by atoms with E-state index < -0.39 is 0 Å². The lowest BCUT2D eigenvalue weighted by Gasteiger charge is -2.05. The van der Waals surface area contributed by atoms with Gasteiger partial charge in [0, 0.05) is 29.7 Å². The second-order valence-corrected chi connectivity index (χ2v) is 5.56. The van der Waals surface area contributed by atoms with Gasteiger partial charge in [0.25, 0.3) is 0 Å². The van der Waals surface area contributed by atoms with E-state index in [2.05, 4.69) is 32.0 Å². The summed E-state index contributed by atoms with van der Waals surface area (Å²) < 4.78 is 5.21. The number of aryl methyl sites for hydroxylation is 1. The van der Waals surface area contributed by atoms with Crippen LogP contribution in [0.1, 0.15) is 11.1 Å². The predicted molar refractivity (Wildman–Crippen MR) is 87.8 cm³/mol. The third kappa shape index (κ3) is 5.18. The van der Waals surface area contributed by atoms with Crippen LogP contribution < -0.4 is 5.73 Å². The lowest BCUT2D eigenvalue weighted by atomic mass is 10.1. The van der Waals surface area contributed by atoms with E-state index in [4.69, 9.17) is 21.9 Å². The summed E-state index contributed by atoms with van der Waals surface area (Å²) in [5.41, 5.74) is 8.38. The van der Waals surface area contributed by atoms with Crippen molar-refractivity contribution in [1.29, 1.82) is 0 Å². The van der Waals surface area contributed by atoms with Crippen LogP contribution in [0.3, 0.4) is 0 Å². The molecule has 0 saturated heterocycles. The summed E-state index contributed by atoms with van der Waals surface area (Å²) in [4.78, 5) is 8.31. The molecule has 0 bridgehead atoms. The first-order valence-electron chi connectivity index (χ1n) is 5.20. The number of nitrogens with two attached hydrogens (primary N) is 1. The number of aromatic nitrogens is 1. The van der Waals surface area contributed by atoms with Crippen LogP contribution >= 0.6 is 40.1 Å². The topological polar surface area (TPSA) is 60.5 Å². The predicted octanol–water partition coefficient (Wildman–Crippen LogP) is 3.37. The van der Waals surface area contributed by atoms with Gasteiger partial charge in [0.2, 0.25) is 0 Å². The summed E-state index contributed by atoms with van der Waals surface area (Å²) in [6.07, 6.45) is 4.95. The van der Waals surface area contributed by atoms with Crippen LogP contribution in [0.5, 0.6) is 0 Å². The monoisotopic (exact) mass is 397 g/mol. The van der Waals surface area contributed by atoms with Crippen LogP contribution in [-0.2, 0) is 4.52 Å². The Bertz CT molecular complexity index is 454. The molecule has 0 fully saturated rings. The van der Waals surface area contributed by atoms with Crippen molar-refractivity contribution in [3.05, 3.63) is 34.7 Å². The standard InChI is InChI=1S/C11H14ClIN3OP/c1-8-4-11(12)16-7-10(8)9(5-14)6-15-2-3-17-18-13/h4-7,18H,2-3,14H2,1H3/b9-5+,15-6?. The van der Waals surface area contributed by atoms with Gasteiger partial charge in [0.05, 0.1) is 19.6 Å². The van der Waals surface area contributed by atoms with Gasteiger partial charge in [0.1, 0.15) is 5.15 Å². The number of rotatable bonds is 6. The maximum atomic E-state index is 5.81. The number of hydrogen-bond donors (Lipinski definition) is 1. The molecular formula is C11H14ClIN3OP. The first kappa shape index (κ1) is 15.8. The highest BCUT2D eigenvalue weighted by molar-refractivity contribution is 14.2. The zero-order chi connectivity index (χ0) is 13.4. The van der Waals surface area contributed by atoms with Gasteiger partial charge in [-0.1, -0.05) is 11.6 Å². The van der Waals surface area contributed by atoms with Gasteiger partial charge in [-0.2, -0.15) is 0 Å². The Hall–Kier alpha value is -0.230. The van der Waals surface area contributed by atoms with Gasteiger partial charge in [0.15, 0.2) is 0 Å². The summed E-state index contributed by atoms with van der Waals surface area (Å²) in [5.74, 6) is 0. The number of halogens is 2. The molecule has 0 aliphatic rings. The Labute approximate surface area is 126 Å². The van der Waals surface area contributed by atoms with Crippen molar-refractivity contribution in [2.45, 2.75) is 6.92 Å². The van der Waals surface area contributed by atoms with Crippen molar-refractivity contribution in [2.24, 2.45) is 10.7 Å². The van der Waals surface area contributed by atoms with Crippen LogP contribution in [0, 0.1) is 6.92 Å². The molecule has 0 aliphatic heterocycles. The smallest absolute Gasteiger partial charge is 0.129 e. The molecule has 1 unspecified atom stereocenters. The molecule has 2 N–H and O–H groups in total. The van der Waals surface area contributed by atoms with E-state index >= 15 is 0 Å². The number of hydrogen-bond acceptors (Lipinski definition) is 4. The maximum Gasteiger partial charge on any atom is 0.129 e. The summed E-state index contributed by atoms with van der Waals surface area (Å²) in [6, 6.07) is 1.80. The van der Waals surface area contributed by atoms with E-state index in [0.717, 1.165) is 16.7 Å². The molecule has 98 valence electrons. The van der Waals surface area contributed by atoms with Crippen LogP contribution in [-0.4, -0.2) is 24.4 Å². The lowest BCUT2D eigenvalue weighted by Crippen LogP contribution is -1.97. The molecule has 1 atom stereocenters. The van der Waals surface area contributed by atoms with Crippen molar-refractivity contribution in [1.82, 2.24) is 4.98 Å². The quantitative estimate of drug-likeness (QED) is 0.263. The first-order valence-corrected chi connectivity index (χ1v) is 9.60. The minimum absolute atomic E-state index is 0.465. The number of aliphatic imine (C=N–C) groups is 1. The minimum atomic E-state index is 0.465. The molecule has 7 heteroatoms. The number of allylic oxidation sites excluding steroid dienone is 1. The Morgan fingerprint density at radius 3 is 3.11 bits per heavy atom. The second-order valence-electron chi connectivity index (χ2n) is 3.40. The summed E-state index contributed by atoms with van der Waals surface area (Å²) in [7, 11) is 0.